The maximum Gasteiger partial charge on any atom is 0.142 e. The molecule has 2 aromatic heterocycles. The van der Waals surface area contributed by atoms with Gasteiger partial charge >= 0.3 is 0 Å². The van der Waals surface area contributed by atoms with E-state index in [1.807, 2.05) is 72.8 Å². The first-order chi connectivity index (χ1) is 14.7. The summed E-state index contributed by atoms with van der Waals surface area (Å²) in [4.78, 5) is 8.36. The van der Waals surface area contributed by atoms with Gasteiger partial charge in [0.2, 0.25) is 0 Å². The Morgan fingerprint density at radius 1 is 0.484 bits per heavy atom. The summed E-state index contributed by atoms with van der Waals surface area (Å²) >= 11 is 0. The molecule has 0 spiro atoms. The number of aromatic hydroxyl groups is 2. The van der Waals surface area contributed by atoms with Gasteiger partial charge in [0.05, 0.1) is 0 Å². The Bertz CT molecular complexity index is 1420. The van der Waals surface area contributed by atoms with Gasteiger partial charge in [-0.3, -0.25) is 9.97 Å². The number of hydrogen-bond acceptors (Lipinski definition) is 4. The predicted molar refractivity (Wildman–Crippen MR) is 122 cm³/mol. The molecule has 0 bridgehead atoms. The standard InChI is InChI=1S/2C13H9NO.Zn/c2*15-12-8-9-4-1-2-5-10(9)11-6-3-7-14-13(11)12;/h2*1-8,15H;. The first-order valence-electron chi connectivity index (χ1n) is 9.63. The number of nitrogens with zero attached hydrogens (tertiary/aromatic N) is 2. The average Bonchev–Trinajstić information content (AvgIpc) is 2.80. The molecule has 146 valence electrons. The van der Waals surface area contributed by atoms with Gasteiger partial charge in [0, 0.05) is 42.6 Å². The van der Waals surface area contributed by atoms with Crippen LogP contribution in [-0.4, -0.2) is 20.2 Å². The molecule has 0 radical (unpaired) electrons. The third kappa shape index (κ3) is 3.80. The van der Waals surface area contributed by atoms with Crippen molar-refractivity contribution < 1.29 is 29.7 Å². The molecule has 0 aliphatic carbocycles. The van der Waals surface area contributed by atoms with Crippen LogP contribution in [0.4, 0.5) is 0 Å². The number of fused-ring (bicyclic) bond motifs is 6. The first kappa shape index (κ1) is 20.7. The molecule has 0 atom stereocenters. The second-order valence-corrected chi connectivity index (χ2v) is 7.03. The van der Waals surface area contributed by atoms with Crippen LogP contribution < -0.4 is 0 Å². The van der Waals surface area contributed by atoms with Crippen molar-refractivity contribution in [3.05, 3.63) is 97.3 Å². The molecule has 0 aliphatic rings. The molecule has 4 nitrogen and oxygen atoms in total. The van der Waals surface area contributed by atoms with Crippen LogP contribution in [0.1, 0.15) is 0 Å². The van der Waals surface area contributed by atoms with Gasteiger partial charge in [-0.25, -0.2) is 0 Å². The Morgan fingerprint density at radius 3 is 1.32 bits per heavy atom. The molecule has 2 heterocycles. The number of hydrogen-bond donors (Lipinski definition) is 2. The fraction of sp³-hybridized carbons (Fsp3) is 0. The van der Waals surface area contributed by atoms with Crippen LogP contribution in [0.25, 0.3) is 43.4 Å². The van der Waals surface area contributed by atoms with E-state index < -0.39 is 0 Å². The van der Waals surface area contributed by atoms with Crippen LogP contribution in [0.3, 0.4) is 0 Å². The molecule has 0 saturated heterocycles. The Hall–Kier alpha value is -3.56. The Balaban J connectivity index is 0.000000144. The molecule has 0 saturated carbocycles. The predicted octanol–water partition coefficient (Wildman–Crippen LogP) is 6.18. The zero-order chi connectivity index (χ0) is 20.5. The van der Waals surface area contributed by atoms with Crippen LogP contribution in [0.5, 0.6) is 11.5 Å². The van der Waals surface area contributed by atoms with Gasteiger partial charge < -0.3 is 10.2 Å². The van der Waals surface area contributed by atoms with E-state index in [1.165, 1.54) is 0 Å². The summed E-state index contributed by atoms with van der Waals surface area (Å²) in [6.45, 7) is 0. The molecule has 6 aromatic rings. The van der Waals surface area contributed by atoms with Crippen molar-refractivity contribution >= 4 is 43.4 Å². The van der Waals surface area contributed by atoms with E-state index in [1.54, 1.807) is 24.5 Å². The molecule has 0 amide bonds. The van der Waals surface area contributed by atoms with E-state index in [9.17, 15) is 10.2 Å². The normalized spacial score (nSPS) is 10.6. The summed E-state index contributed by atoms with van der Waals surface area (Å²) in [6, 6.07) is 27.2. The van der Waals surface area contributed by atoms with Gasteiger partial charge in [0.25, 0.3) is 0 Å². The summed E-state index contributed by atoms with van der Waals surface area (Å²) in [5.74, 6) is 0.480. The largest absolute Gasteiger partial charge is 0.506 e. The molecule has 2 N–H and O–H groups in total. The van der Waals surface area contributed by atoms with Crippen molar-refractivity contribution in [2.75, 3.05) is 0 Å². The van der Waals surface area contributed by atoms with Gasteiger partial charge in [0.15, 0.2) is 0 Å². The van der Waals surface area contributed by atoms with Crippen LogP contribution in [0, 0.1) is 0 Å². The van der Waals surface area contributed by atoms with E-state index in [-0.39, 0.29) is 31.0 Å². The van der Waals surface area contributed by atoms with E-state index >= 15 is 0 Å². The van der Waals surface area contributed by atoms with Gasteiger partial charge in [0.1, 0.15) is 22.5 Å². The minimum atomic E-state index is 0. The molecule has 6 rings (SSSR count). The quantitative estimate of drug-likeness (QED) is 0.212. The van der Waals surface area contributed by atoms with E-state index in [2.05, 4.69) is 9.97 Å². The molecule has 0 fully saturated rings. The molecule has 0 unspecified atom stereocenters. The van der Waals surface area contributed by atoms with Crippen molar-refractivity contribution in [2.45, 2.75) is 0 Å². The molecule has 0 aliphatic heterocycles. The van der Waals surface area contributed by atoms with Gasteiger partial charge in [-0.15, -0.1) is 0 Å². The van der Waals surface area contributed by atoms with Gasteiger partial charge in [-0.05, 0) is 45.8 Å². The number of phenols is 2. The van der Waals surface area contributed by atoms with Crippen molar-refractivity contribution in [1.82, 2.24) is 9.97 Å². The second-order valence-electron chi connectivity index (χ2n) is 7.03. The number of benzene rings is 4. The molecule has 5 heteroatoms. The van der Waals surface area contributed by atoms with Crippen LogP contribution >= 0.6 is 0 Å². The van der Waals surface area contributed by atoms with E-state index in [4.69, 9.17) is 0 Å². The smallest absolute Gasteiger partial charge is 0.142 e. The van der Waals surface area contributed by atoms with Crippen molar-refractivity contribution in [1.29, 1.82) is 0 Å². The number of pyridine rings is 2. The van der Waals surface area contributed by atoms with Crippen LogP contribution in [0.2, 0.25) is 0 Å². The molecular formula is C26H18N2O2Zn. The maximum absolute atomic E-state index is 9.81. The monoisotopic (exact) mass is 454 g/mol. The third-order valence-electron chi connectivity index (χ3n) is 5.19. The Morgan fingerprint density at radius 2 is 0.871 bits per heavy atom. The van der Waals surface area contributed by atoms with Gasteiger partial charge in [-0.1, -0.05) is 60.7 Å². The SMILES string of the molecule is Oc1cc2ccccc2c2cccnc12.Oc1cc2ccccc2c2cccnc12.[Zn]. The average molecular weight is 456 g/mol. The fourth-order valence-corrected chi connectivity index (χ4v) is 3.82. The Labute approximate surface area is 191 Å². The second kappa shape index (κ2) is 8.67. The van der Waals surface area contributed by atoms with E-state index in [0.29, 0.717) is 11.0 Å². The summed E-state index contributed by atoms with van der Waals surface area (Å²) in [7, 11) is 0. The minimum Gasteiger partial charge on any atom is -0.506 e. The third-order valence-corrected chi connectivity index (χ3v) is 5.19. The molecule has 31 heavy (non-hydrogen) atoms. The van der Waals surface area contributed by atoms with Crippen molar-refractivity contribution in [3.63, 3.8) is 0 Å². The fourth-order valence-electron chi connectivity index (χ4n) is 3.82. The summed E-state index contributed by atoms with van der Waals surface area (Å²) in [6.07, 6.45) is 3.38. The minimum absolute atomic E-state index is 0. The number of rotatable bonds is 0. The van der Waals surface area contributed by atoms with Crippen molar-refractivity contribution in [3.8, 4) is 11.5 Å². The first-order valence-corrected chi connectivity index (χ1v) is 9.63. The Kier molecular flexibility index (Phi) is 5.79. The zero-order valence-electron chi connectivity index (χ0n) is 16.7. The van der Waals surface area contributed by atoms with Crippen LogP contribution in [-0.2, 0) is 19.5 Å². The van der Waals surface area contributed by atoms with Gasteiger partial charge in [-0.2, -0.15) is 0 Å². The van der Waals surface area contributed by atoms with E-state index in [0.717, 1.165) is 32.3 Å². The maximum atomic E-state index is 9.81. The number of aromatic nitrogens is 2. The zero-order valence-corrected chi connectivity index (χ0v) is 19.7. The summed E-state index contributed by atoms with van der Waals surface area (Å²) in [5, 5.41) is 25.9. The van der Waals surface area contributed by atoms with Crippen LogP contribution in [0.15, 0.2) is 97.3 Å². The summed E-state index contributed by atoms with van der Waals surface area (Å²) < 4.78 is 0. The molecule has 4 aromatic carbocycles. The van der Waals surface area contributed by atoms with Crippen molar-refractivity contribution in [2.24, 2.45) is 0 Å². The topological polar surface area (TPSA) is 66.2 Å². The summed E-state index contributed by atoms with van der Waals surface area (Å²) in [5.41, 5.74) is 1.33. The molecular weight excluding hydrogens is 438 g/mol. The number of phenolic OH excluding ortho intramolecular Hbond substituents is 2.